The van der Waals surface area contributed by atoms with Crippen molar-refractivity contribution in [1.29, 1.82) is 0 Å². The van der Waals surface area contributed by atoms with Crippen molar-refractivity contribution in [3.05, 3.63) is 0 Å². The average Bonchev–Trinajstić information content (AvgIpc) is 1.79. The number of hydroxylamine groups is 2. The zero-order chi connectivity index (χ0) is 8.27. The quantitative estimate of drug-likeness (QED) is 0.378. The summed E-state index contributed by atoms with van der Waals surface area (Å²) in [6.07, 6.45) is -2.08. The third-order valence-corrected chi connectivity index (χ3v) is 0.940. The van der Waals surface area contributed by atoms with Gasteiger partial charge in [0.1, 0.15) is 0 Å². The summed E-state index contributed by atoms with van der Waals surface area (Å²) in [6.45, 7) is 0.868. The minimum Gasteiger partial charge on any atom is -0.332 e. The second-order valence-corrected chi connectivity index (χ2v) is 1.69. The summed E-state index contributed by atoms with van der Waals surface area (Å²) >= 11 is 0. The number of nitrogens with two attached hydrogens (primary N) is 1. The Labute approximate surface area is 61.5 Å². The van der Waals surface area contributed by atoms with Crippen LogP contribution in [0, 0.1) is 0 Å². The molecule has 1 aliphatic rings. The van der Waals surface area contributed by atoms with Gasteiger partial charge in [-0.2, -0.15) is 5.06 Å². The Balaban J connectivity index is 2.15. The Morgan fingerprint density at radius 1 is 1.45 bits per heavy atom. The molecule has 7 heteroatoms. The maximum Gasteiger partial charge on any atom is 0.476 e. The van der Waals surface area contributed by atoms with Crippen molar-refractivity contribution in [1.82, 2.24) is 5.06 Å². The number of nitrogens with zero attached hydrogens (tertiary/aromatic N) is 1. The SMILES string of the molecule is NC(=O)OOC(=O)N1CCO1. The van der Waals surface area contributed by atoms with Gasteiger partial charge in [0.15, 0.2) is 0 Å². The van der Waals surface area contributed by atoms with Gasteiger partial charge in [0.2, 0.25) is 0 Å². The van der Waals surface area contributed by atoms with E-state index in [0.717, 1.165) is 5.06 Å². The molecule has 0 aromatic carbocycles. The standard InChI is InChI=1S/C4H6N2O5/c5-3(7)10-11-4(8)6-1-2-9-6/h1-2H2,(H2,5,7). The maximum atomic E-state index is 10.6. The van der Waals surface area contributed by atoms with E-state index in [0.29, 0.717) is 13.2 Å². The van der Waals surface area contributed by atoms with Gasteiger partial charge < -0.3 is 5.73 Å². The van der Waals surface area contributed by atoms with Crippen molar-refractivity contribution in [2.75, 3.05) is 13.2 Å². The Morgan fingerprint density at radius 3 is 2.45 bits per heavy atom. The van der Waals surface area contributed by atoms with Crippen molar-refractivity contribution in [3.8, 4) is 0 Å². The fraction of sp³-hybridized carbons (Fsp3) is 0.500. The van der Waals surface area contributed by atoms with Crippen LogP contribution in [0.5, 0.6) is 0 Å². The van der Waals surface area contributed by atoms with E-state index in [-0.39, 0.29) is 0 Å². The van der Waals surface area contributed by atoms with Gasteiger partial charge in [-0.15, -0.1) is 0 Å². The summed E-state index contributed by atoms with van der Waals surface area (Å²) in [4.78, 5) is 32.6. The van der Waals surface area contributed by atoms with E-state index in [1.165, 1.54) is 0 Å². The van der Waals surface area contributed by atoms with Gasteiger partial charge in [-0.25, -0.2) is 19.4 Å². The van der Waals surface area contributed by atoms with Crippen LogP contribution in [0.25, 0.3) is 0 Å². The monoisotopic (exact) mass is 162 g/mol. The Bertz CT molecular complexity index is 177. The molecule has 0 aliphatic carbocycles. The first-order chi connectivity index (χ1) is 5.20. The summed E-state index contributed by atoms with van der Waals surface area (Å²) in [5.41, 5.74) is 4.50. The smallest absolute Gasteiger partial charge is 0.332 e. The molecule has 1 rings (SSSR count). The zero-order valence-corrected chi connectivity index (χ0v) is 5.48. The predicted octanol–water partition coefficient (Wildman–Crippen LogP) is -0.619. The Hall–Kier alpha value is -1.50. The van der Waals surface area contributed by atoms with Crippen LogP contribution in [-0.4, -0.2) is 30.4 Å². The maximum absolute atomic E-state index is 10.6. The molecule has 1 aliphatic heterocycles. The van der Waals surface area contributed by atoms with Gasteiger partial charge in [-0.05, 0) is 0 Å². The zero-order valence-electron chi connectivity index (χ0n) is 5.48. The lowest BCUT2D eigenvalue weighted by atomic mass is 10.6. The molecule has 2 N–H and O–H groups in total. The van der Waals surface area contributed by atoms with E-state index < -0.39 is 12.2 Å². The van der Waals surface area contributed by atoms with Crippen molar-refractivity contribution >= 4 is 12.2 Å². The summed E-state index contributed by atoms with van der Waals surface area (Å²) in [5.74, 6) is 0. The molecule has 1 fully saturated rings. The molecule has 0 spiro atoms. The molecule has 0 saturated carbocycles. The highest BCUT2D eigenvalue weighted by molar-refractivity contribution is 5.69. The van der Waals surface area contributed by atoms with Crippen LogP contribution in [0.2, 0.25) is 0 Å². The van der Waals surface area contributed by atoms with Crippen LogP contribution in [-0.2, 0) is 14.6 Å². The summed E-state index contributed by atoms with van der Waals surface area (Å²) in [5, 5.41) is 0.892. The molecule has 0 radical (unpaired) electrons. The van der Waals surface area contributed by atoms with E-state index in [1.807, 2.05) is 0 Å². The van der Waals surface area contributed by atoms with Gasteiger partial charge >= 0.3 is 12.2 Å². The van der Waals surface area contributed by atoms with Crippen LogP contribution in [0.3, 0.4) is 0 Å². The van der Waals surface area contributed by atoms with Crippen LogP contribution < -0.4 is 5.73 Å². The lowest BCUT2D eigenvalue weighted by Gasteiger charge is -2.27. The molecular formula is C4H6N2O5. The second-order valence-electron chi connectivity index (χ2n) is 1.69. The first-order valence-electron chi connectivity index (χ1n) is 2.78. The van der Waals surface area contributed by atoms with Gasteiger partial charge in [0.25, 0.3) is 0 Å². The topological polar surface area (TPSA) is 91.1 Å². The van der Waals surface area contributed by atoms with E-state index in [4.69, 9.17) is 0 Å². The summed E-state index contributed by atoms with van der Waals surface area (Å²) in [6, 6.07) is 0. The molecule has 62 valence electrons. The van der Waals surface area contributed by atoms with Gasteiger partial charge in [-0.1, -0.05) is 0 Å². The normalized spacial score (nSPS) is 15.1. The fourth-order valence-corrected chi connectivity index (χ4v) is 0.445. The van der Waals surface area contributed by atoms with Crippen molar-refractivity contribution in [2.45, 2.75) is 0 Å². The van der Waals surface area contributed by atoms with Crippen molar-refractivity contribution in [2.24, 2.45) is 5.73 Å². The number of hydrogen-bond donors (Lipinski definition) is 1. The van der Waals surface area contributed by atoms with Crippen molar-refractivity contribution in [3.63, 3.8) is 0 Å². The van der Waals surface area contributed by atoms with Crippen LogP contribution in [0.4, 0.5) is 9.59 Å². The lowest BCUT2D eigenvalue weighted by Crippen LogP contribution is -2.44. The molecule has 1 heterocycles. The molecule has 0 bridgehead atoms. The number of hydrogen-bond acceptors (Lipinski definition) is 5. The predicted molar refractivity (Wildman–Crippen MR) is 29.8 cm³/mol. The highest BCUT2D eigenvalue weighted by atomic mass is 17.2. The number of carbonyl (C=O) groups is 2. The molecule has 7 nitrogen and oxygen atoms in total. The van der Waals surface area contributed by atoms with Crippen LogP contribution in [0.15, 0.2) is 0 Å². The molecule has 0 unspecified atom stereocenters. The minimum atomic E-state index is -1.18. The highest BCUT2D eigenvalue weighted by Gasteiger charge is 2.25. The molecule has 0 atom stereocenters. The number of carbonyl (C=O) groups excluding carboxylic acids is 2. The number of rotatable bonds is 0. The van der Waals surface area contributed by atoms with Gasteiger partial charge in [0.05, 0.1) is 13.2 Å². The third-order valence-electron chi connectivity index (χ3n) is 0.940. The molecule has 2 amide bonds. The van der Waals surface area contributed by atoms with E-state index >= 15 is 0 Å². The summed E-state index contributed by atoms with van der Waals surface area (Å²) in [7, 11) is 0. The average molecular weight is 162 g/mol. The lowest BCUT2D eigenvalue weighted by molar-refractivity contribution is -0.264. The van der Waals surface area contributed by atoms with Crippen molar-refractivity contribution < 1.29 is 24.2 Å². The molecule has 11 heavy (non-hydrogen) atoms. The fourth-order valence-electron chi connectivity index (χ4n) is 0.445. The third kappa shape index (κ3) is 1.97. The second kappa shape index (κ2) is 3.06. The molecule has 1 saturated heterocycles. The highest BCUT2D eigenvalue weighted by Crippen LogP contribution is 2.04. The Morgan fingerprint density at radius 2 is 2.09 bits per heavy atom. The van der Waals surface area contributed by atoms with Crippen LogP contribution in [0.1, 0.15) is 0 Å². The van der Waals surface area contributed by atoms with E-state index in [9.17, 15) is 9.59 Å². The molecule has 0 aromatic rings. The van der Waals surface area contributed by atoms with E-state index in [1.54, 1.807) is 0 Å². The summed E-state index contributed by atoms with van der Waals surface area (Å²) < 4.78 is 0. The first-order valence-corrected chi connectivity index (χ1v) is 2.78. The molecular weight excluding hydrogens is 156 g/mol. The van der Waals surface area contributed by atoms with E-state index in [2.05, 4.69) is 20.3 Å². The van der Waals surface area contributed by atoms with Gasteiger partial charge in [-0.3, -0.25) is 4.84 Å². The number of primary amides is 1. The first kappa shape index (κ1) is 7.61. The Kier molecular flexibility index (Phi) is 2.12. The van der Waals surface area contributed by atoms with Gasteiger partial charge in [0, 0.05) is 0 Å². The number of amides is 2. The minimum absolute atomic E-state index is 0.418. The largest absolute Gasteiger partial charge is 0.476 e. The molecule has 0 aromatic heterocycles. The van der Waals surface area contributed by atoms with Crippen LogP contribution >= 0.6 is 0 Å².